The molecule has 100 valence electrons. The molecule has 0 amide bonds. The molecule has 0 aliphatic carbocycles. The molecule has 2 aliphatic rings. The molecule has 0 aromatic rings. The number of hydrogen-bond acceptors (Lipinski definition) is 2. The fourth-order valence-electron chi connectivity index (χ4n) is 3.05. The monoisotopic (exact) mass is 239 g/mol. The summed E-state index contributed by atoms with van der Waals surface area (Å²) < 4.78 is 5.98. The highest BCUT2D eigenvalue weighted by molar-refractivity contribution is 5.03. The van der Waals surface area contributed by atoms with Crippen LogP contribution in [0.5, 0.6) is 0 Å². The van der Waals surface area contributed by atoms with Crippen LogP contribution in [0.2, 0.25) is 0 Å². The molecule has 1 unspecified atom stereocenters. The third-order valence-electron chi connectivity index (χ3n) is 4.54. The van der Waals surface area contributed by atoms with Gasteiger partial charge in [0.25, 0.3) is 0 Å². The van der Waals surface area contributed by atoms with E-state index in [0.29, 0.717) is 17.1 Å². The first-order valence-electron chi connectivity index (χ1n) is 6.99. The van der Waals surface area contributed by atoms with E-state index in [1.54, 1.807) is 0 Å². The van der Waals surface area contributed by atoms with Gasteiger partial charge in [0.2, 0.25) is 0 Å². The van der Waals surface area contributed by atoms with Crippen molar-refractivity contribution in [1.29, 1.82) is 0 Å². The molecule has 2 nitrogen and oxygen atoms in total. The van der Waals surface area contributed by atoms with Gasteiger partial charge in [-0.3, -0.25) is 4.90 Å². The highest BCUT2D eigenvalue weighted by Crippen LogP contribution is 2.47. The zero-order valence-electron chi connectivity index (χ0n) is 12.5. The Hall–Kier alpha value is -0.0800. The van der Waals surface area contributed by atoms with Crippen molar-refractivity contribution in [2.75, 3.05) is 19.7 Å². The van der Waals surface area contributed by atoms with E-state index >= 15 is 0 Å². The maximum atomic E-state index is 5.98. The van der Waals surface area contributed by atoms with Gasteiger partial charge in [-0.25, -0.2) is 0 Å². The Labute approximate surface area is 107 Å². The van der Waals surface area contributed by atoms with E-state index in [-0.39, 0.29) is 5.41 Å². The lowest BCUT2D eigenvalue weighted by Gasteiger charge is -2.59. The first-order chi connectivity index (χ1) is 7.62. The molecular formula is C15H29NO. The molecular weight excluding hydrogens is 210 g/mol. The van der Waals surface area contributed by atoms with Crippen LogP contribution in [0.3, 0.4) is 0 Å². The van der Waals surface area contributed by atoms with Gasteiger partial charge in [0.1, 0.15) is 0 Å². The van der Waals surface area contributed by atoms with Crippen LogP contribution in [-0.2, 0) is 4.74 Å². The van der Waals surface area contributed by atoms with E-state index < -0.39 is 0 Å². The van der Waals surface area contributed by atoms with Crippen LogP contribution in [0.25, 0.3) is 0 Å². The SMILES string of the molecule is CC(C)(C)C1CC2(CCO1)CN(C(C)(C)C)C2. The molecule has 2 heteroatoms. The molecule has 2 rings (SSSR count). The van der Waals surface area contributed by atoms with E-state index in [2.05, 4.69) is 46.4 Å². The van der Waals surface area contributed by atoms with Crippen molar-refractivity contribution in [2.24, 2.45) is 10.8 Å². The second kappa shape index (κ2) is 3.96. The zero-order valence-corrected chi connectivity index (χ0v) is 12.5. The van der Waals surface area contributed by atoms with Gasteiger partial charge >= 0.3 is 0 Å². The summed E-state index contributed by atoms with van der Waals surface area (Å²) in [5.41, 5.74) is 1.18. The van der Waals surface area contributed by atoms with Gasteiger partial charge in [0.05, 0.1) is 6.10 Å². The Kier molecular flexibility index (Phi) is 3.11. The number of nitrogens with zero attached hydrogens (tertiary/aromatic N) is 1. The van der Waals surface area contributed by atoms with E-state index in [9.17, 15) is 0 Å². The van der Waals surface area contributed by atoms with Crippen LogP contribution in [-0.4, -0.2) is 36.2 Å². The van der Waals surface area contributed by atoms with Crippen molar-refractivity contribution in [1.82, 2.24) is 4.90 Å². The van der Waals surface area contributed by atoms with Crippen LogP contribution in [0, 0.1) is 10.8 Å². The summed E-state index contributed by atoms with van der Waals surface area (Å²) in [5, 5.41) is 0. The van der Waals surface area contributed by atoms with Crippen molar-refractivity contribution in [3.05, 3.63) is 0 Å². The maximum Gasteiger partial charge on any atom is 0.0629 e. The molecule has 0 bridgehead atoms. The largest absolute Gasteiger partial charge is 0.378 e. The molecule has 0 saturated carbocycles. The third-order valence-corrected chi connectivity index (χ3v) is 4.54. The Morgan fingerprint density at radius 3 is 2.12 bits per heavy atom. The summed E-state index contributed by atoms with van der Waals surface area (Å²) in [6, 6.07) is 0. The van der Waals surface area contributed by atoms with Gasteiger partial charge < -0.3 is 4.74 Å². The smallest absolute Gasteiger partial charge is 0.0629 e. The van der Waals surface area contributed by atoms with Crippen molar-refractivity contribution >= 4 is 0 Å². The number of ether oxygens (including phenoxy) is 1. The van der Waals surface area contributed by atoms with Gasteiger partial charge in [-0.05, 0) is 39.0 Å². The molecule has 0 N–H and O–H groups in total. The van der Waals surface area contributed by atoms with Crippen LogP contribution in [0.4, 0.5) is 0 Å². The van der Waals surface area contributed by atoms with E-state index in [0.717, 1.165) is 6.61 Å². The fourth-order valence-corrected chi connectivity index (χ4v) is 3.05. The molecule has 2 heterocycles. The third kappa shape index (κ3) is 2.68. The van der Waals surface area contributed by atoms with Gasteiger partial charge in [-0.15, -0.1) is 0 Å². The average Bonchev–Trinajstić information content (AvgIpc) is 2.11. The van der Waals surface area contributed by atoms with Gasteiger partial charge in [0.15, 0.2) is 0 Å². The molecule has 2 aliphatic heterocycles. The van der Waals surface area contributed by atoms with Crippen molar-refractivity contribution in [3.8, 4) is 0 Å². The first kappa shape index (κ1) is 13.4. The second-order valence-electron chi connectivity index (χ2n) is 8.21. The Balaban J connectivity index is 1.96. The number of rotatable bonds is 0. The van der Waals surface area contributed by atoms with Crippen LogP contribution in [0.15, 0.2) is 0 Å². The molecule has 2 fully saturated rings. The van der Waals surface area contributed by atoms with Crippen molar-refractivity contribution in [2.45, 2.75) is 66.0 Å². The van der Waals surface area contributed by atoms with Crippen molar-refractivity contribution in [3.63, 3.8) is 0 Å². The molecule has 0 aromatic carbocycles. The van der Waals surface area contributed by atoms with Crippen molar-refractivity contribution < 1.29 is 4.74 Å². The maximum absolute atomic E-state index is 5.98. The summed E-state index contributed by atoms with van der Waals surface area (Å²) >= 11 is 0. The summed E-state index contributed by atoms with van der Waals surface area (Å²) in [6.45, 7) is 17.4. The van der Waals surface area contributed by atoms with Gasteiger partial charge in [0, 0.05) is 30.7 Å². The lowest BCUT2D eigenvalue weighted by molar-refractivity contribution is -0.161. The predicted octanol–water partition coefficient (Wildman–Crippen LogP) is 3.31. The van der Waals surface area contributed by atoms with E-state index in [1.165, 1.54) is 25.9 Å². The molecule has 0 radical (unpaired) electrons. The highest BCUT2D eigenvalue weighted by Gasteiger charge is 2.50. The topological polar surface area (TPSA) is 12.5 Å². The van der Waals surface area contributed by atoms with E-state index in [1.807, 2.05) is 0 Å². The van der Waals surface area contributed by atoms with Crippen LogP contribution >= 0.6 is 0 Å². The minimum atomic E-state index is 0.287. The summed E-state index contributed by atoms with van der Waals surface area (Å²) in [5.74, 6) is 0. The quantitative estimate of drug-likeness (QED) is 0.643. The Morgan fingerprint density at radius 2 is 1.65 bits per heavy atom. The first-order valence-corrected chi connectivity index (χ1v) is 6.99. The standard InChI is InChI=1S/C15H29NO/c1-13(2,3)12-9-15(7-8-17-12)10-16(11-15)14(4,5)6/h12H,7-11H2,1-6H3. The normalized spacial score (nSPS) is 30.4. The zero-order chi connectivity index (χ0) is 12.9. The minimum Gasteiger partial charge on any atom is -0.378 e. The van der Waals surface area contributed by atoms with Crippen LogP contribution in [0.1, 0.15) is 54.4 Å². The molecule has 1 spiro atoms. The summed E-state index contributed by atoms with van der Waals surface area (Å²) in [4.78, 5) is 2.61. The van der Waals surface area contributed by atoms with E-state index in [4.69, 9.17) is 4.74 Å². The minimum absolute atomic E-state index is 0.287. The number of hydrogen-bond donors (Lipinski definition) is 0. The van der Waals surface area contributed by atoms with Crippen LogP contribution < -0.4 is 0 Å². The Bertz CT molecular complexity index is 278. The second-order valence-corrected chi connectivity index (χ2v) is 8.21. The Morgan fingerprint density at radius 1 is 1.06 bits per heavy atom. The molecule has 1 atom stereocenters. The molecule has 17 heavy (non-hydrogen) atoms. The van der Waals surface area contributed by atoms with Gasteiger partial charge in [-0.2, -0.15) is 0 Å². The lowest BCUT2D eigenvalue weighted by atomic mass is 9.66. The summed E-state index contributed by atoms with van der Waals surface area (Å²) in [6.07, 6.45) is 2.95. The summed E-state index contributed by atoms with van der Waals surface area (Å²) in [7, 11) is 0. The average molecular weight is 239 g/mol. The van der Waals surface area contributed by atoms with Gasteiger partial charge in [-0.1, -0.05) is 20.8 Å². The lowest BCUT2D eigenvalue weighted by Crippen LogP contribution is -2.65. The highest BCUT2D eigenvalue weighted by atomic mass is 16.5. The number of likely N-dealkylation sites (tertiary alicyclic amines) is 1. The predicted molar refractivity (Wildman–Crippen MR) is 72.2 cm³/mol. The molecule has 0 aromatic heterocycles. The molecule has 2 saturated heterocycles. The fraction of sp³-hybridized carbons (Fsp3) is 1.00.